The third kappa shape index (κ3) is 2.88. The minimum absolute atomic E-state index is 0.128. The molecule has 1 amide bonds. The number of amides is 1. The highest BCUT2D eigenvalue weighted by Crippen LogP contribution is 2.19. The zero-order valence-corrected chi connectivity index (χ0v) is 10.1. The summed E-state index contributed by atoms with van der Waals surface area (Å²) in [4.78, 5) is 11.7. The standard InChI is InChI=1S/C11H12Cl2N2O/c12-9-1-8(2-10(13)3-9)11(16)15-6-7-4-14-5-7/h1-3,7,14H,4-6H2,(H,15,16). The summed E-state index contributed by atoms with van der Waals surface area (Å²) in [6.45, 7) is 2.63. The molecule has 2 N–H and O–H groups in total. The fraction of sp³-hybridized carbons (Fsp3) is 0.364. The van der Waals surface area contributed by atoms with Crippen LogP contribution in [0.5, 0.6) is 0 Å². The Bertz CT molecular complexity index is 385. The summed E-state index contributed by atoms with van der Waals surface area (Å²) in [7, 11) is 0. The summed E-state index contributed by atoms with van der Waals surface area (Å²) in [6, 6.07) is 4.83. The van der Waals surface area contributed by atoms with E-state index in [1.807, 2.05) is 0 Å². The zero-order chi connectivity index (χ0) is 11.5. The van der Waals surface area contributed by atoms with Gasteiger partial charge in [-0.1, -0.05) is 23.2 Å². The van der Waals surface area contributed by atoms with E-state index in [4.69, 9.17) is 23.2 Å². The van der Waals surface area contributed by atoms with E-state index < -0.39 is 0 Å². The second-order valence-electron chi connectivity index (χ2n) is 3.89. The van der Waals surface area contributed by atoms with Crippen LogP contribution in [0.1, 0.15) is 10.4 Å². The first kappa shape index (κ1) is 11.7. The van der Waals surface area contributed by atoms with Gasteiger partial charge >= 0.3 is 0 Å². The summed E-state index contributed by atoms with van der Waals surface area (Å²) in [5.74, 6) is 0.412. The molecule has 0 bridgehead atoms. The van der Waals surface area contributed by atoms with Crippen molar-refractivity contribution in [2.45, 2.75) is 0 Å². The summed E-state index contributed by atoms with van der Waals surface area (Å²) in [6.07, 6.45) is 0. The molecule has 0 aromatic heterocycles. The third-order valence-electron chi connectivity index (χ3n) is 2.54. The molecule has 1 aliphatic heterocycles. The van der Waals surface area contributed by atoms with E-state index >= 15 is 0 Å². The number of carbonyl (C=O) groups excluding carboxylic acids is 1. The summed E-state index contributed by atoms with van der Waals surface area (Å²) in [5.41, 5.74) is 0.504. The fourth-order valence-electron chi connectivity index (χ4n) is 1.52. The number of benzene rings is 1. The number of hydrogen-bond acceptors (Lipinski definition) is 2. The highest BCUT2D eigenvalue weighted by molar-refractivity contribution is 6.35. The van der Waals surface area contributed by atoms with E-state index in [9.17, 15) is 4.79 Å². The SMILES string of the molecule is O=C(NCC1CNC1)c1cc(Cl)cc(Cl)c1. The molecule has 1 aromatic carbocycles. The number of halogens is 2. The van der Waals surface area contributed by atoms with Gasteiger partial charge in [-0.25, -0.2) is 0 Å². The maximum Gasteiger partial charge on any atom is 0.251 e. The lowest BCUT2D eigenvalue weighted by molar-refractivity contribution is 0.0942. The Morgan fingerprint density at radius 1 is 1.31 bits per heavy atom. The summed E-state index contributed by atoms with van der Waals surface area (Å²) in [5, 5.41) is 6.96. The second-order valence-corrected chi connectivity index (χ2v) is 4.77. The van der Waals surface area contributed by atoms with Crippen molar-refractivity contribution in [3.63, 3.8) is 0 Å². The maximum absolute atomic E-state index is 11.7. The molecule has 2 rings (SSSR count). The molecule has 0 saturated carbocycles. The Labute approximate surface area is 104 Å². The second kappa shape index (κ2) is 5.04. The van der Waals surface area contributed by atoms with Crippen LogP contribution in [-0.2, 0) is 0 Å². The van der Waals surface area contributed by atoms with E-state index in [-0.39, 0.29) is 5.91 Å². The first-order valence-electron chi connectivity index (χ1n) is 5.10. The normalized spacial score (nSPS) is 15.6. The van der Waals surface area contributed by atoms with Gasteiger partial charge in [0.1, 0.15) is 0 Å². The molecule has 5 heteroatoms. The Morgan fingerprint density at radius 2 is 1.94 bits per heavy atom. The molecule has 0 spiro atoms. The van der Waals surface area contributed by atoms with Gasteiger partial charge in [0.25, 0.3) is 5.91 Å². The van der Waals surface area contributed by atoms with Crippen LogP contribution in [0.25, 0.3) is 0 Å². The molecular weight excluding hydrogens is 247 g/mol. The van der Waals surface area contributed by atoms with Crippen LogP contribution in [0.4, 0.5) is 0 Å². The van der Waals surface area contributed by atoms with Crippen LogP contribution in [0.15, 0.2) is 18.2 Å². The Morgan fingerprint density at radius 3 is 2.44 bits per heavy atom. The van der Waals surface area contributed by atoms with Gasteiger partial charge in [-0.3, -0.25) is 4.79 Å². The van der Waals surface area contributed by atoms with Gasteiger partial charge < -0.3 is 10.6 Å². The molecule has 1 aromatic rings. The lowest BCUT2D eigenvalue weighted by Gasteiger charge is -2.27. The minimum atomic E-state index is -0.128. The van der Waals surface area contributed by atoms with Crippen molar-refractivity contribution in [3.05, 3.63) is 33.8 Å². The molecule has 1 saturated heterocycles. The molecule has 1 heterocycles. The average Bonchev–Trinajstić information content (AvgIpc) is 2.13. The molecular formula is C11H12Cl2N2O. The zero-order valence-electron chi connectivity index (χ0n) is 8.59. The van der Waals surface area contributed by atoms with E-state index in [1.54, 1.807) is 18.2 Å². The minimum Gasteiger partial charge on any atom is -0.352 e. The van der Waals surface area contributed by atoms with Gasteiger partial charge in [0.15, 0.2) is 0 Å². The molecule has 0 radical (unpaired) electrons. The van der Waals surface area contributed by atoms with E-state index in [0.717, 1.165) is 13.1 Å². The summed E-state index contributed by atoms with van der Waals surface area (Å²) < 4.78 is 0. The predicted molar refractivity (Wildman–Crippen MR) is 65.2 cm³/mol. The van der Waals surface area contributed by atoms with Crippen LogP contribution < -0.4 is 10.6 Å². The van der Waals surface area contributed by atoms with E-state index in [2.05, 4.69) is 10.6 Å². The number of hydrogen-bond donors (Lipinski definition) is 2. The van der Waals surface area contributed by atoms with Gasteiger partial charge in [0, 0.05) is 41.2 Å². The van der Waals surface area contributed by atoms with Crippen LogP contribution in [0, 0.1) is 5.92 Å². The smallest absolute Gasteiger partial charge is 0.251 e. The van der Waals surface area contributed by atoms with Crippen molar-refractivity contribution < 1.29 is 4.79 Å². The molecule has 16 heavy (non-hydrogen) atoms. The molecule has 0 aliphatic carbocycles. The van der Waals surface area contributed by atoms with Crippen LogP contribution in [0.2, 0.25) is 10.0 Å². The van der Waals surface area contributed by atoms with Crippen molar-refractivity contribution in [1.82, 2.24) is 10.6 Å². The Kier molecular flexibility index (Phi) is 3.69. The first-order chi connectivity index (χ1) is 7.65. The Hall–Kier alpha value is -0.770. The average molecular weight is 259 g/mol. The molecule has 3 nitrogen and oxygen atoms in total. The highest BCUT2D eigenvalue weighted by Gasteiger charge is 2.17. The van der Waals surface area contributed by atoms with Crippen molar-refractivity contribution >= 4 is 29.1 Å². The van der Waals surface area contributed by atoms with Crippen molar-refractivity contribution in [2.75, 3.05) is 19.6 Å². The number of carbonyl (C=O) groups is 1. The Balaban J connectivity index is 1.96. The lowest BCUT2D eigenvalue weighted by atomic mass is 10.0. The molecule has 0 unspecified atom stereocenters. The van der Waals surface area contributed by atoms with Gasteiger partial charge in [-0.2, -0.15) is 0 Å². The van der Waals surface area contributed by atoms with Gasteiger partial charge in [-0.15, -0.1) is 0 Å². The number of nitrogens with one attached hydrogen (secondary N) is 2. The summed E-state index contributed by atoms with van der Waals surface area (Å²) >= 11 is 11.6. The van der Waals surface area contributed by atoms with Gasteiger partial charge in [0.05, 0.1) is 0 Å². The molecule has 0 atom stereocenters. The van der Waals surface area contributed by atoms with Crippen LogP contribution in [0.3, 0.4) is 0 Å². The molecule has 1 aliphatic rings. The van der Waals surface area contributed by atoms with Crippen molar-refractivity contribution in [3.8, 4) is 0 Å². The van der Waals surface area contributed by atoms with Gasteiger partial charge in [-0.05, 0) is 18.2 Å². The lowest BCUT2D eigenvalue weighted by Crippen LogP contribution is -2.48. The van der Waals surface area contributed by atoms with Crippen LogP contribution >= 0.6 is 23.2 Å². The van der Waals surface area contributed by atoms with Crippen molar-refractivity contribution in [1.29, 1.82) is 0 Å². The molecule has 1 fully saturated rings. The molecule has 86 valence electrons. The number of rotatable bonds is 3. The third-order valence-corrected chi connectivity index (χ3v) is 2.98. The topological polar surface area (TPSA) is 41.1 Å². The van der Waals surface area contributed by atoms with E-state index in [0.29, 0.717) is 28.1 Å². The maximum atomic E-state index is 11.7. The quantitative estimate of drug-likeness (QED) is 0.871. The van der Waals surface area contributed by atoms with Gasteiger partial charge in [0.2, 0.25) is 0 Å². The van der Waals surface area contributed by atoms with Crippen LogP contribution in [-0.4, -0.2) is 25.5 Å². The largest absolute Gasteiger partial charge is 0.352 e. The fourth-order valence-corrected chi connectivity index (χ4v) is 2.04. The highest BCUT2D eigenvalue weighted by atomic mass is 35.5. The predicted octanol–water partition coefficient (Wildman–Crippen LogP) is 1.94. The van der Waals surface area contributed by atoms with E-state index in [1.165, 1.54) is 0 Å². The van der Waals surface area contributed by atoms with Crippen molar-refractivity contribution in [2.24, 2.45) is 5.92 Å². The first-order valence-corrected chi connectivity index (χ1v) is 5.86. The monoisotopic (exact) mass is 258 g/mol.